The van der Waals surface area contributed by atoms with Gasteiger partial charge in [0.25, 0.3) is 5.91 Å². The number of amides is 2. The first-order chi connectivity index (χ1) is 14.0. The average Bonchev–Trinajstić information content (AvgIpc) is 3.35. The van der Waals surface area contributed by atoms with Crippen LogP contribution in [0, 0.1) is 13.8 Å². The molecule has 0 radical (unpaired) electrons. The highest BCUT2D eigenvalue weighted by Gasteiger charge is 2.26. The molecule has 0 unspecified atom stereocenters. The topological polar surface area (TPSA) is 97.6 Å². The van der Waals surface area contributed by atoms with Crippen molar-refractivity contribution < 1.29 is 14.1 Å². The van der Waals surface area contributed by atoms with Gasteiger partial charge in [-0.25, -0.2) is 0 Å². The number of carbonyl (C=O) groups is 2. The zero-order chi connectivity index (χ0) is 20.5. The number of benzene rings is 1. The van der Waals surface area contributed by atoms with Crippen LogP contribution in [-0.4, -0.2) is 52.6 Å². The van der Waals surface area contributed by atoms with Gasteiger partial charge >= 0.3 is 0 Å². The lowest BCUT2D eigenvalue weighted by Crippen LogP contribution is -2.48. The number of nitrogens with zero attached hydrogens (tertiary/aromatic N) is 4. The molecule has 0 saturated carbocycles. The minimum absolute atomic E-state index is 0.0246. The van der Waals surface area contributed by atoms with E-state index in [0.717, 1.165) is 30.2 Å². The molecule has 2 aromatic heterocycles. The van der Waals surface area contributed by atoms with E-state index < -0.39 is 5.91 Å². The molecule has 4 rings (SSSR count). The third kappa shape index (κ3) is 3.49. The van der Waals surface area contributed by atoms with Gasteiger partial charge in [0.2, 0.25) is 5.91 Å². The van der Waals surface area contributed by atoms with Crippen LogP contribution >= 0.6 is 0 Å². The second-order valence-electron chi connectivity index (χ2n) is 7.17. The largest absolute Gasteiger partial charge is 0.368 e. The summed E-state index contributed by atoms with van der Waals surface area (Å²) in [4.78, 5) is 28.4. The van der Waals surface area contributed by atoms with E-state index in [1.807, 2.05) is 41.5 Å². The maximum atomic E-state index is 13.1. The molecule has 0 atom stereocenters. The quantitative estimate of drug-likeness (QED) is 0.732. The molecule has 29 heavy (non-hydrogen) atoms. The number of aromatic nitrogens is 2. The van der Waals surface area contributed by atoms with Crippen LogP contribution in [0.2, 0.25) is 0 Å². The van der Waals surface area contributed by atoms with Gasteiger partial charge in [-0.1, -0.05) is 5.16 Å². The number of carbonyl (C=O) groups excluding carboxylic acids is 2. The summed E-state index contributed by atoms with van der Waals surface area (Å²) in [5.41, 5.74) is 9.28. The van der Waals surface area contributed by atoms with Crippen molar-refractivity contribution in [2.24, 2.45) is 5.73 Å². The molecule has 0 aliphatic carbocycles. The Morgan fingerprint density at radius 1 is 1.03 bits per heavy atom. The Labute approximate surface area is 168 Å². The van der Waals surface area contributed by atoms with Gasteiger partial charge in [0.15, 0.2) is 5.82 Å². The van der Waals surface area contributed by atoms with Gasteiger partial charge in [-0.15, -0.1) is 0 Å². The second-order valence-corrected chi connectivity index (χ2v) is 7.17. The summed E-state index contributed by atoms with van der Waals surface area (Å²) in [6.45, 7) is 6.58. The molecule has 150 valence electrons. The lowest BCUT2D eigenvalue weighted by molar-refractivity contribution is 0.0745. The van der Waals surface area contributed by atoms with Crippen molar-refractivity contribution in [1.82, 2.24) is 14.6 Å². The maximum Gasteiger partial charge on any atom is 0.255 e. The molecule has 1 aromatic carbocycles. The Balaban J connectivity index is 1.46. The molecule has 2 amide bonds. The van der Waals surface area contributed by atoms with Crippen LogP contribution in [-0.2, 0) is 0 Å². The summed E-state index contributed by atoms with van der Waals surface area (Å²) in [6.07, 6.45) is 1.52. The van der Waals surface area contributed by atoms with Crippen LogP contribution < -0.4 is 10.6 Å². The van der Waals surface area contributed by atoms with E-state index in [2.05, 4.69) is 10.1 Å². The lowest BCUT2D eigenvalue weighted by atomic mass is 10.1. The van der Waals surface area contributed by atoms with Crippen LogP contribution in [0.3, 0.4) is 0 Å². The van der Waals surface area contributed by atoms with Gasteiger partial charge in [0.1, 0.15) is 6.26 Å². The molecule has 3 heterocycles. The molecule has 0 spiro atoms. The van der Waals surface area contributed by atoms with Gasteiger partial charge in [-0.3, -0.25) is 14.2 Å². The Morgan fingerprint density at radius 2 is 1.72 bits per heavy atom. The smallest absolute Gasteiger partial charge is 0.255 e. The molecule has 1 saturated heterocycles. The van der Waals surface area contributed by atoms with Crippen LogP contribution in [0.1, 0.15) is 32.1 Å². The molecule has 1 fully saturated rings. The molecule has 1 aliphatic rings. The second kappa shape index (κ2) is 7.46. The first-order valence-corrected chi connectivity index (χ1v) is 9.49. The summed E-state index contributed by atoms with van der Waals surface area (Å²) in [5.74, 6) is 0.259. The lowest BCUT2D eigenvalue weighted by Gasteiger charge is -2.36. The zero-order valence-corrected chi connectivity index (χ0v) is 16.5. The van der Waals surface area contributed by atoms with E-state index in [9.17, 15) is 9.59 Å². The Kier molecular flexibility index (Phi) is 4.84. The van der Waals surface area contributed by atoms with Gasteiger partial charge < -0.3 is 20.1 Å². The highest BCUT2D eigenvalue weighted by molar-refractivity contribution is 5.96. The summed E-state index contributed by atoms with van der Waals surface area (Å²) in [6, 6.07) is 10.9. The fourth-order valence-corrected chi connectivity index (χ4v) is 3.83. The first-order valence-electron chi connectivity index (χ1n) is 9.49. The minimum atomic E-state index is -0.435. The van der Waals surface area contributed by atoms with Crippen molar-refractivity contribution in [2.75, 3.05) is 31.1 Å². The highest BCUT2D eigenvalue weighted by Crippen LogP contribution is 2.23. The molecule has 8 heteroatoms. The highest BCUT2D eigenvalue weighted by atomic mass is 16.5. The Hall–Kier alpha value is -3.55. The van der Waals surface area contributed by atoms with E-state index in [-0.39, 0.29) is 5.91 Å². The monoisotopic (exact) mass is 393 g/mol. The van der Waals surface area contributed by atoms with E-state index >= 15 is 0 Å². The normalized spacial score (nSPS) is 14.3. The average molecular weight is 393 g/mol. The molecule has 3 aromatic rings. The van der Waals surface area contributed by atoms with Crippen LogP contribution in [0.25, 0.3) is 5.82 Å². The molecular weight excluding hydrogens is 370 g/mol. The number of nitrogens with two attached hydrogens (primary N) is 1. The zero-order valence-electron chi connectivity index (χ0n) is 16.5. The number of hydrogen-bond acceptors (Lipinski definition) is 5. The van der Waals surface area contributed by atoms with Crippen LogP contribution in [0.15, 0.2) is 47.2 Å². The summed E-state index contributed by atoms with van der Waals surface area (Å²) < 4.78 is 6.87. The molecule has 2 N–H and O–H groups in total. The van der Waals surface area contributed by atoms with Gasteiger partial charge in [-0.05, 0) is 44.2 Å². The number of piperazine rings is 1. The SMILES string of the molecule is Cc1cc(C(=O)N2CCN(c3ccc(C(N)=O)cc3)CC2)c(C)n1-c1ccon1. The van der Waals surface area contributed by atoms with Gasteiger partial charge in [-0.2, -0.15) is 0 Å². The van der Waals surface area contributed by atoms with Crippen molar-refractivity contribution in [2.45, 2.75) is 13.8 Å². The summed E-state index contributed by atoms with van der Waals surface area (Å²) in [7, 11) is 0. The predicted octanol–water partition coefficient (Wildman–Crippen LogP) is 2.14. The summed E-state index contributed by atoms with van der Waals surface area (Å²) >= 11 is 0. The standard InChI is InChI=1S/C21H23N5O3/c1-14-13-18(15(2)26(14)19-7-12-29-23-19)21(28)25-10-8-24(9-11-25)17-5-3-16(4-6-17)20(22)27/h3-7,12-13H,8-11H2,1-2H3,(H2,22,27). The number of rotatable bonds is 4. The third-order valence-corrected chi connectivity index (χ3v) is 5.40. The van der Waals surface area contributed by atoms with Crippen molar-refractivity contribution in [3.05, 3.63) is 65.2 Å². The Bertz CT molecular complexity index is 1030. The van der Waals surface area contributed by atoms with Gasteiger partial charge in [0.05, 0.1) is 5.56 Å². The molecule has 8 nitrogen and oxygen atoms in total. The molecule has 1 aliphatic heterocycles. The number of primary amides is 1. The van der Waals surface area contributed by atoms with Crippen LogP contribution in [0.5, 0.6) is 0 Å². The summed E-state index contributed by atoms with van der Waals surface area (Å²) in [5, 5.41) is 3.98. The van der Waals surface area contributed by atoms with Crippen molar-refractivity contribution in [1.29, 1.82) is 0 Å². The number of hydrogen-bond donors (Lipinski definition) is 1. The van der Waals surface area contributed by atoms with Crippen LogP contribution in [0.4, 0.5) is 5.69 Å². The fraction of sp³-hybridized carbons (Fsp3) is 0.286. The number of anilines is 1. The molecular formula is C21H23N5O3. The van der Waals surface area contributed by atoms with Crippen molar-refractivity contribution >= 4 is 17.5 Å². The first kappa shape index (κ1) is 18.8. The maximum absolute atomic E-state index is 13.1. The predicted molar refractivity (Wildman–Crippen MR) is 108 cm³/mol. The molecule has 0 bridgehead atoms. The van der Waals surface area contributed by atoms with E-state index in [1.165, 1.54) is 6.26 Å². The van der Waals surface area contributed by atoms with E-state index in [4.69, 9.17) is 10.3 Å². The van der Waals surface area contributed by atoms with Gasteiger partial charge in [0, 0.05) is 54.9 Å². The number of aryl methyl sites for hydroxylation is 1. The fourth-order valence-electron chi connectivity index (χ4n) is 3.83. The third-order valence-electron chi connectivity index (χ3n) is 5.40. The van der Waals surface area contributed by atoms with Crippen molar-refractivity contribution in [3.63, 3.8) is 0 Å². The van der Waals surface area contributed by atoms with E-state index in [0.29, 0.717) is 30.0 Å². The minimum Gasteiger partial charge on any atom is -0.368 e. The Morgan fingerprint density at radius 3 is 2.31 bits per heavy atom. The van der Waals surface area contributed by atoms with E-state index in [1.54, 1.807) is 18.2 Å². The van der Waals surface area contributed by atoms with Crippen molar-refractivity contribution in [3.8, 4) is 5.82 Å².